The summed E-state index contributed by atoms with van der Waals surface area (Å²) in [6.07, 6.45) is 5.03. The highest BCUT2D eigenvalue weighted by molar-refractivity contribution is 5.97. The van der Waals surface area contributed by atoms with Gasteiger partial charge < -0.3 is 4.90 Å². The molecule has 0 unspecified atom stereocenters. The van der Waals surface area contributed by atoms with E-state index in [0.29, 0.717) is 29.0 Å². The molecule has 0 bridgehead atoms. The Morgan fingerprint density at radius 3 is 2.59 bits per heavy atom. The number of halogens is 2. The predicted octanol–water partition coefficient (Wildman–Crippen LogP) is 4.98. The van der Waals surface area contributed by atoms with Crippen molar-refractivity contribution >= 4 is 22.5 Å². The van der Waals surface area contributed by atoms with E-state index in [0.717, 1.165) is 16.5 Å². The van der Waals surface area contributed by atoms with Crippen LogP contribution in [0.3, 0.4) is 0 Å². The lowest BCUT2D eigenvalue weighted by Crippen LogP contribution is -2.25. The Hall–Kier alpha value is -4.13. The molecule has 0 saturated carbocycles. The molecule has 3 aromatic heterocycles. The van der Waals surface area contributed by atoms with Gasteiger partial charge in [-0.2, -0.15) is 0 Å². The first-order chi connectivity index (χ1) is 15.6. The Labute approximate surface area is 181 Å². The minimum atomic E-state index is -0.678. The fraction of sp³-hybridized carbons (Fsp3) is 0.0800. The summed E-state index contributed by atoms with van der Waals surface area (Å²) in [6, 6.07) is 15.5. The number of amides is 1. The predicted molar refractivity (Wildman–Crippen MR) is 116 cm³/mol. The standard InChI is InChI=1S/C25H16F2N4O/c26-20-11-18(15-3-5-22-16(10-15)2-1-7-28-22)12-21(27)19(20)14-30-13-17-4-6-23-29-8-9-31(23)24(17)25(30)32/h1-12H,13-14H2. The maximum Gasteiger partial charge on any atom is 0.271 e. The molecule has 0 saturated heterocycles. The third kappa shape index (κ3) is 2.85. The molecule has 32 heavy (non-hydrogen) atoms. The van der Waals surface area contributed by atoms with Crippen LogP contribution in [0.25, 0.3) is 27.7 Å². The summed E-state index contributed by atoms with van der Waals surface area (Å²) in [7, 11) is 0. The zero-order valence-corrected chi connectivity index (χ0v) is 16.8. The van der Waals surface area contributed by atoms with Gasteiger partial charge in [-0.25, -0.2) is 13.8 Å². The lowest BCUT2D eigenvalue weighted by atomic mass is 10.0. The molecule has 1 amide bonds. The van der Waals surface area contributed by atoms with Crippen molar-refractivity contribution in [1.29, 1.82) is 0 Å². The Balaban J connectivity index is 1.33. The number of hydrogen-bond acceptors (Lipinski definition) is 3. The van der Waals surface area contributed by atoms with Gasteiger partial charge in [0, 0.05) is 41.6 Å². The number of rotatable bonds is 3. The first-order valence-electron chi connectivity index (χ1n) is 10.2. The minimum absolute atomic E-state index is 0.126. The van der Waals surface area contributed by atoms with Gasteiger partial charge in [0.1, 0.15) is 23.0 Å². The molecule has 1 aliphatic heterocycles. The number of aromatic nitrogens is 3. The van der Waals surface area contributed by atoms with E-state index in [1.807, 2.05) is 36.4 Å². The first-order valence-corrected chi connectivity index (χ1v) is 10.2. The van der Waals surface area contributed by atoms with Crippen molar-refractivity contribution in [3.8, 4) is 11.1 Å². The van der Waals surface area contributed by atoms with Crippen LogP contribution in [0.5, 0.6) is 0 Å². The number of benzene rings is 2. The molecule has 0 spiro atoms. The van der Waals surface area contributed by atoms with Crippen molar-refractivity contribution in [2.45, 2.75) is 13.1 Å². The number of hydrogen-bond donors (Lipinski definition) is 0. The van der Waals surface area contributed by atoms with E-state index in [1.165, 1.54) is 17.0 Å². The average Bonchev–Trinajstić information content (AvgIpc) is 3.40. The molecule has 0 radical (unpaired) electrons. The van der Waals surface area contributed by atoms with Gasteiger partial charge in [-0.15, -0.1) is 0 Å². The molecule has 0 atom stereocenters. The number of nitrogens with zero attached hydrogens (tertiary/aromatic N) is 4. The van der Waals surface area contributed by atoms with E-state index in [9.17, 15) is 4.79 Å². The molecule has 0 aliphatic carbocycles. The summed E-state index contributed by atoms with van der Waals surface area (Å²) in [5, 5.41) is 0.890. The van der Waals surface area contributed by atoms with Gasteiger partial charge in [-0.05, 0) is 47.5 Å². The van der Waals surface area contributed by atoms with Gasteiger partial charge in [-0.3, -0.25) is 14.2 Å². The van der Waals surface area contributed by atoms with Crippen LogP contribution in [-0.2, 0) is 13.1 Å². The molecular weight excluding hydrogens is 410 g/mol. The van der Waals surface area contributed by atoms with Crippen molar-refractivity contribution in [2.75, 3.05) is 0 Å². The number of carbonyl (C=O) groups is 1. The zero-order valence-electron chi connectivity index (χ0n) is 16.8. The summed E-state index contributed by atoms with van der Waals surface area (Å²) >= 11 is 0. The Bertz CT molecular complexity index is 1520. The van der Waals surface area contributed by atoms with Crippen molar-refractivity contribution in [3.05, 3.63) is 102 Å². The van der Waals surface area contributed by atoms with Gasteiger partial charge in [-0.1, -0.05) is 18.2 Å². The second kappa shape index (κ2) is 6.95. The highest BCUT2D eigenvalue weighted by Gasteiger charge is 2.31. The maximum atomic E-state index is 15.0. The second-order valence-corrected chi connectivity index (χ2v) is 7.85. The van der Waals surface area contributed by atoms with Gasteiger partial charge in [0.05, 0.1) is 12.1 Å². The van der Waals surface area contributed by atoms with Gasteiger partial charge in [0.2, 0.25) is 0 Å². The molecule has 156 valence electrons. The highest BCUT2D eigenvalue weighted by Crippen LogP contribution is 2.30. The van der Waals surface area contributed by atoms with Crippen LogP contribution in [-0.4, -0.2) is 25.2 Å². The largest absolute Gasteiger partial charge is 0.328 e. The number of fused-ring (bicyclic) bond motifs is 4. The smallest absolute Gasteiger partial charge is 0.271 e. The molecule has 0 N–H and O–H groups in total. The number of imidazole rings is 1. The zero-order chi connectivity index (χ0) is 21.8. The van der Waals surface area contributed by atoms with Crippen LogP contribution in [0.1, 0.15) is 21.6 Å². The summed E-state index contributed by atoms with van der Waals surface area (Å²) in [6.45, 7) is 0.143. The molecule has 4 heterocycles. The van der Waals surface area contributed by atoms with Crippen LogP contribution in [0.2, 0.25) is 0 Å². The molecule has 2 aromatic carbocycles. The van der Waals surface area contributed by atoms with E-state index in [4.69, 9.17) is 0 Å². The van der Waals surface area contributed by atoms with Crippen LogP contribution in [0, 0.1) is 11.6 Å². The minimum Gasteiger partial charge on any atom is -0.328 e. The SMILES string of the molecule is O=C1c2c(ccc3nccn23)CN1Cc1c(F)cc(-c2ccc3ncccc3c2)cc1F. The third-order valence-electron chi connectivity index (χ3n) is 5.93. The van der Waals surface area contributed by atoms with Crippen LogP contribution >= 0.6 is 0 Å². The third-order valence-corrected chi connectivity index (χ3v) is 5.93. The lowest BCUT2D eigenvalue weighted by Gasteiger charge is -2.17. The fourth-order valence-electron chi connectivity index (χ4n) is 4.33. The van der Waals surface area contributed by atoms with Crippen LogP contribution < -0.4 is 0 Å². The molecule has 1 aliphatic rings. The summed E-state index contributed by atoms with van der Waals surface area (Å²) in [5.41, 5.74) is 3.77. The van der Waals surface area contributed by atoms with E-state index in [2.05, 4.69) is 9.97 Å². The second-order valence-electron chi connectivity index (χ2n) is 7.85. The summed E-state index contributed by atoms with van der Waals surface area (Å²) in [5.74, 6) is -1.63. The monoisotopic (exact) mass is 426 g/mol. The number of pyridine rings is 2. The van der Waals surface area contributed by atoms with E-state index < -0.39 is 11.6 Å². The van der Waals surface area contributed by atoms with Crippen molar-refractivity contribution < 1.29 is 13.6 Å². The molecule has 0 fully saturated rings. The van der Waals surface area contributed by atoms with E-state index in [-0.39, 0.29) is 18.0 Å². The van der Waals surface area contributed by atoms with Gasteiger partial charge >= 0.3 is 0 Å². The van der Waals surface area contributed by atoms with Gasteiger partial charge in [0.25, 0.3) is 5.91 Å². The van der Waals surface area contributed by atoms with Crippen molar-refractivity contribution in [1.82, 2.24) is 19.3 Å². The Kier molecular flexibility index (Phi) is 4.04. The molecule has 7 heteroatoms. The maximum absolute atomic E-state index is 15.0. The summed E-state index contributed by atoms with van der Waals surface area (Å²) < 4.78 is 31.7. The molecular formula is C25H16F2N4O. The van der Waals surface area contributed by atoms with Crippen LogP contribution in [0.4, 0.5) is 8.78 Å². The Morgan fingerprint density at radius 2 is 1.75 bits per heavy atom. The van der Waals surface area contributed by atoms with Gasteiger partial charge in [0.15, 0.2) is 0 Å². The quantitative estimate of drug-likeness (QED) is 0.409. The van der Waals surface area contributed by atoms with E-state index >= 15 is 8.78 Å². The topological polar surface area (TPSA) is 50.5 Å². The molecule has 6 rings (SSSR count). The molecule has 5 nitrogen and oxygen atoms in total. The summed E-state index contributed by atoms with van der Waals surface area (Å²) in [4.78, 5) is 22.9. The van der Waals surface area contributed by atoms with Crippen molar-refractivity contribution in [2.24, 2.45) is 0 Å². The normalized spacial score (nSPS) is 13.3. The Morgan fingerprint density at radius 1 is 0.906 bits per heavy atom. The lowest BCUT2D eigenvalue weighted by molar-refractivity contribution is 0.0758. The highest BCUT2D eigenvalue weighted by atomic mass is 19.1. The first kappa shape index (κ1) is 18.6. The average molecular weight is 426 g/mol. The van der Waals surface area contributed by atoms with E-state index in [1.54, 1.807) is 29.1 Å². The molecule has 5 aromatic rings. The van der Waals surface area contributed by atoms with Crippen molar-refractivity contribution in [3.63, 3.8) is 0 Å². The fourth-order valence-corrected chi connectivity index (χ4v) is 4.33. The van der Waals surface area contributed by atoms with Crippen LogP contribution in [0.15, 0.2) is 73.2 Å². The number of carbonyl (C=O) groups excluding carboxylic acids is 1.